The molecule has 4 N–H and O–H groups in total. The summed E-state index contributed by atoms with van der Waals surface area (Å²) in [6.07, 6.45) is -0.229. The number of aliphatic hydroxyl groups is 4. The predicted molar refractivity (Wildman–Crippen MR) is 114 cm³/mol. The molecule has 1 heterocycles. The van der Waals surface area contributed by atoms with Gasteiger partial charge in [0.1, 0.15) is 0 Å². The number of likely N-dealkylation sites (tertiary alicyclic amines) is 1. The SMILES string of the molecule is CCN1C[C@]2(COC)CCC(O)C34C1C(C(OC)[C@@H]32)[C@@]1(O)CC(OC)[C@H]2C[C@]4(O)[C@@H]1C2O. The largest absolute Gasteiger partial charge is 0.392 e. The third-order valence-corrected chi connectivity index (χ3v) is 11.2. The topological polar surface area (TPSA) is 112 Å². The van der Waals surface area contributed by atoms with Crippen molar-refractivity contribution in [2.75, 3.05) is 41.0 Å². The van der Waals surface area contributed by atoms with Gasteiger partial charge in [0.25, 0.3) is 0 Å². The first-order chi connectivity index (χ1) is 15.2. The molecule has 0 aromatic heterocycles. The van der Waals surface area contributed by atoms with Gasteiger partial charge in [-0.2, -0.15) is 0 Å². The Bertz CT molecular complexity index is 798. The van der Waals surface area contributed by atoms with Gasteiger partial charge in [0, 0.05) is 74.8 Å². The van der Waals surface area contributed by atoms with Crippen molar-refractivity contribution in [3.05, 3.63) is 0 Å². The molecule has 8 nitrogen and oxygen atoms in total. The number of hydrogen-bond donors (Lipinski definition) is 4. The van der Waals surface area contributed by atoms with Crippen LogP contribution in [0.15, 0.2) is 0 Å². The van der Waals surface area contributed by atoms with Crippen LogP contribution in [0, 0.1) is 34.5 Å². The molecule has 182 valence electrons. The Labute approximate surface area is 189 Å². The maximum atomic E-state index is 12.8. The van der Waals surface area contributed by atoms with E-state index in [4.69, 9.17) is 14.2 Å². The Hall–Kier alpha value is -0.320. The van der Waals surface area contributed by atoms with Crippen molar-refractivity contribution in [3.63, 3.8) is 0 Å². The molecular formula is C24H39NO7. The number of hydrogen-bond acceptors (Lipinski definition) is 8. The number of aliphatic hydroxyl groups excluding tert-OH is 2. The minimum atomic E-state index is -1.41. The zero-order valence-electron chi connectivity index (χ0n) is 19.6. The van der Waals surface area contributed by atoms with Crippen molar-refractivity contribution in [3.8, 4) is 0 Å². The number of rotatable bonds is 5. The lowest BCUT2D eigenvalue weighted by atomic mass is 9.41. The lowest BCUT2D eigenvalue weighted by Crippen LogP contribution is -2.82. The number of fused-ring (bicyclic) bond motifs is 2. The van der Waals surface area contributed by atoms with Gasteiger partial charge in [-0.05, 0) is 25.8 Å². The summed E-state index contributed by atoms with van der Waals surface area (Å²) in [5.41, 5.74) is -3.93. The van der Waals surface area contributed by atoms with Crippen LogP contribution in [-0.2, 0) is 14.2 Å². The van der Waals surface area contributed by atoms with E-state index >= 15 is 0 Å². The summed E-state index contributed by atoms with van der Waals surface area (Å²) in [4.78, 5) is 2.37. The second kappa shape index (κ2) is 6.66. The van der Waals surface area contributed by atoms with Gasteiger partial charge in [-0.3, -0.25) is 4.90 Å². The molecule has 7 unspecified atom stereocenters. The zero-order valence-corrected chi connectivity index (χ0v) is 19.6. The molecule has 7 bridgehead atoms. The van der Waals surface area contributed by atoms with Crippen LogP contribution in [0.25, 0.3) is 0 Å². The van der Waals surface area contributed by atoms with Crippen LogP contribution in [0.1, 0.15) is 32.6 Å². The second-order valence-electron chi connectivity index (χ2n) is 11.7. The molecule has 13 atom stereocenters. The average molecular weight is 454 g/mol. The first-order valence-corrected chi connectivity index (χ1v) is 12.3. The smallest absolute Gasteiger partial charge is 0.0832 e. The Balaban J connectivity index is 1.67. The van der Waals surface area contributed by atoms with Crippen LogP contribution < -0.4 is 0 Å². The number of piperidine rings is 1. The molecule has 8 heteroatoms. The van der Waals surface area contributed by atoms with Crippen LogP contribution in [0.4, 0.5) is 0 Å². The second-order valence-corrected chi connectivity index (χ2v) is 11.7. The lowest BCUT2D eigenvalue weighted by Gasteiger charge is -2.71. The van der Waals surface area contributed by atoms with Gasteiger partial charge in [0.2, 0.25) is 0 Å². The third-order valence-electron chi connectivity index (χ3n) is 11.2. The molecule has 1 spiro atoms. The molecule has 32 heavy (non-hydrogen) atoms. The van der Waals surface area contributed by atoms with E-state index in [1.54, 1.807) is 21.3 Å². The molecule has 0 radical (unpaired) electrons. The fourth-order valence-corrected chi connectivity index (χ4v) is 10.7. The predicted octanol–water partition coefficient (Wildman–Crippen LogP) is -0.383. The Kier molecular flexibility index (Phi) is 4.62. The first kappa shape index (κ1) is 22.2. The highest BCUT2D eigenvalue weighted by atomic mass is 16.5. The maximum absolute atomic E-state index is 12.8. The number of nitrogens with zero attached hydrogens (tertiary/aromatic N) is 1. The highest BCUT2D eigenvalue weighted by Crippen LogP contribution is 2.80. The summed E-state index contributed by atoms with van der Waals surface area (Å²) in [5, 5.41) is 48.5. The van der Waals surface area contributed by atoms with E-state index in [1.165, 1.54) is 0 Å². The van der Waals surface area contributed by atoms with Crippen molar-refractivity contribution >= 4 is 0 Å². The highest BCUT2D eigenvalue weighted by molar-refractivity contribution is 5.40. The molecule has 6 rings (SSSR count). The van der Waals surface area contributed by atoms with Gasteiger partial charge in [-0.25, -0.2) is 0 Å². The molecule has 6 fully saturated rings. The van der Waals surface area contributed by atoms with Crippen molar-refractivity contribution < 1.29 is 34.6 Å². The first-order valence-electron chi connectivity index (χ1n) is 12.3. The number of methoxy groups -OCH3 is 3. The van der Waals surface area contributed by atoms with E-state index in [2.05, 4.69) is 11.8 Å². The summed E-state index contributed by atoms with van der Waals surface area (Å²) in [6, 6.07) is -0.226. The third kappa shape index (κ3) is 2.03. The van der Waals surface area contributed by atoms with Crippen molar-refractivity contribution in [1.82, 2.24) is 4.90 Å². The molecule has 6 aliphatic rings. The molecule has 5 aliphatic carbocycles. The molecular weight excluding hydrogens is 414 g/mol. The van der Waals surface area contributed by atoms with E-state index < -0.39 is 34.7 Å². The molecule has 1 saturated heterocycles. The minimum absolute atomic E-state index is 0.159. The zero-order chi connectivity index (χ0) is 22.8. The standard InChI is InChI=1S/C24H39NO7/c1-5-25-10-21(11-30-2)7-6-14(26)24-19(21)17(32-4)15(20(24)25)22(28)9-13(31-3)12-8-23(24,29)18(22)16(12)27/h12-20,26-29H,5-11H2,1-4H3/t12-,13?,14?,15?,16?,17?,18-,19-,20?,21+,22+,23+,24?/m1/s1. The fraction of sp³-hybridized carbons (Fsp3) is 1.00. The van der Waals surface area contributed by atoms with E-state index in [-0.39, 0.29) is 41.4 Å². The summed E-state index contributed by atoms with van der Waals surface area (Å²) in [7, 11) is 5.02. The van der Waals surface area contributed by atoms with Crippen LogP contribution in [0.2, 0.25) is 0 Å². The van der Waals surface area contributed by atoms with Crippen LogP contribution in [0.5, 0.6) is 0 Å². The van der Waals surface area contributed by atoms with E-state index in [0.29, 0.717) is 25.9 Å². The van der Waals surface area contributed by atoms with Crippen molar-refractivity contribution in [1.29, 1.82) is 0 Å². The monoisotopic (exact) mass is 453 g/mol. The van der Waals surface area contributed by atoms with Gasteiger partial charge >= 0.3 is 0 Å². The van der Waals surface area contributed by atoms with Crippen LogP contribution in [-0.4, -0.2) is 108 Å². The number of ether oxygens (including phenoxy) is 3. The summed E-state index contributed by atoms with van der Waals surface area (Å²) >= 11 is 0. The summed E-state index contributed by atoms with van der Waals surface area (Å²) in [5.74, 6) is -1.47. The quantitative estimate of drug-likeness (QED) is 0.446. The van der Waals surface area contributed by atoms with Crippen molar-refractivity contribution in [2.45, 2.75) is 74.3 Å². The Morgan fingerprint density at radius 3 is 2.41 bits per heavy atom. The van der Waals surface area contributed by atoms with Crippen LogP contribution in [0.3, 0.4) is 0 Å². The van der Waals surface area contributed by atoms with E-state index in [1.807, 2.05) is 0 Å². The normalized spacial score (nSPS) is 62.4. The van der Waals surface area contributed by atoms with Gasteiger partial charge in [0.15, 0.2) is 0 Å². The molecule has 0 amide bonds. The summed E-state index contributed by atoms with van der Waals surface area (Å²) in [6.45, 7) is 4.18. The summed E-state index contributed by atoms with van der Waals surface area (Å²) < 4.78 is 17.8. The van der Waals surface area contributed by atoms with Gasteiger partial charge in [-0.1, -0.05) is 6.92 Å². The Morgan fingerprint density at radius 2 is 1.78 bits per heavy atom. The van der Waals surface area contributed by atoms with Gasteiger partial charge < -0.3 is 34.6 Å². The minimum Gasteiger partial charge on any atom is -0.392 e. The Morgan fingerprint density at radius 1 is 1.03 bits per heavy atom. The highest BCUT2D eigenvalue weighted by Gasteiger charge is 2.90. The molecule has 5 saturated carbocycles. The maximum Gasteiger partial charge on any atom is 0.0832 e. The molecule has 0 aromatic rings. The fourth-order valence-electron chi connectivity index (χ4n) is 10.7. The molecule has 1 aliphatic heterocycles. The van der Waals surface area contributed by atoms with E-state index in [0.717, 1.165) is 19.5 Å². The molecule has 0 aromatic carbocycles. The van der Waals surface area contributed by atoms with E-state index in [9.17, 15) is 20.4 Å². The van der Waals surface area contributed by atoms with Crippen molar-refractivity contribution in [2.24, 2.45) is 34.5 Å². The van der Waals surface area contributed by atoms with Crippen LogP contribution >= 0.6 is 0 Å². The van der Waals surface area contributed by atoms with Gasteiger partial charge in [0.05, 0.1) is 42.2 Å². The average Bonchev–Trinajstić information content (AvgIpc) is 3.15. The lowest BCUT2D eigenvalue weighted by molar-refractivity contribution is -0.325. The van der Waals surface area contributed by atoms with Gasteiger partial charge in [-0.15, -0.1) is 0 Å².